The van der Waals surface area contributed by atoms with Crippen LogP contribution in [0.1, 0.15) is 37.9 Å². The molecule has 4 nitrogen and oxygen atoms in total. The summed E-state index contributed by atoms with van der Waals surface area (Å²) >= 11 is 1.74. The first-order valence-corrected chi connectivity index (χ1v) is 7.82. The third-order valence-corrected chi connectivity index (χ3v) is 4.99. The molecule has 2 saturated heterocycles. The molecule has 3 heterocycles. The van der Waals surface area contributed by atoms with Crippen molar-refractivity contribution in [2.75, 3.05) is 31.1 Å². The molecule has 100 valence electrons. The molecule has 5 heteroatoms. The minimum atomic E-state index is 0.0481. The third-order valence-electron chi connectivity index (χ3n) is 4.07. The maximum absolute atomic E-state index is 5.87. The van der Waals surface area contributed by atoms with Crippen LogP contribution in [0.25, 0.3) is 0 Å². The van der Waals surface area contributed by atoms with Gasteiger partial charge in [-0.25, -0.2) is 4.98 Å². The lowest BCUT2D eigenvalue weighted by Gasteiger charge is -2.23. The monoisotopic (exact) mass is 266 g/mol. The van der Waals surface area contributed by atoms with E-state index in [1.54, 1.807) is 11.3 Å². The van der Waals surface area contributed by atoms with Crippen molar-refractivity contribution in [1.82, 2.24) is 9.88 Å². The predicted octanol–water partition coefficient (Wildman–Crippen LogP) is 1.84. The summed E-state index contributed by atoms with van der Waals surface area (Å²) < 4.78 is 0. The van der Waals surface area contributed by atoms with Crippen molar-refractivity contribution < 1.29 is 0 Å². The number of hydrogen-bond acceptors (Lipinski definition) is 5. The van der Waals surface area contributed by atoms with E-state index in [9.17, 15) is 0 Å². The quantitative estimate of drug-likeness (QED) is 0.907. The van der Waals surface area contributed by atoms with Crippen LogP contribution in [0, 0.1) is 0 Å². The minimum Gasteiger partial charge on any atom is -0.346 e. The van der Waals surface area contributed by atoms with Gasteiger partial charge in [0.25, 0.3) is 0 Å². The average molecular weight is 266 g/mol. The molecule has 0 aliphatic carbocycles. The van der Waals surface area contributed by atoms with Crippen molar-refractivity contribution in [1.29, 1.82) is 0 Å². The highest BCUT2D eigenvalue weighted by Crippen LogP contribution is 2.28. The van der Waals surface area contributed by atoms with E-state index in [1.165, 1.54) is 32.4 Å². The van der Waals surface area contributed by atoms with Crippen LogP contribution in [0.4, 0.5) is 5.13 Å². The van der Waals surface area contributed by atoms with Gasteiger partial charge in [0, 0.05) is 30.6 Å². The maximum Gasteiger partial charge on any atom is 0.185 e. The Morgan fingerprint density at radius 3 is 2.83 bits per heavy atom. The van der Waals surface area contributed by atoms with E-state index in [0.29, 0.717) is 0 Å². The zero-order chi connectivity index (χ0) is 12.5. The van der Waals surface area contributed by atoms with E-state index in [-0.39, 0.29) is 6.04 Å². The van der Waals surface area contributed by atoms with Gasteiger partial charge in [-0.2, -0.15) is 0 Å². The molecule has 0 bridgehead atoms. The Morgan fingerprint density at radius 1 is 1.39 bits per heavy atom. The maximum atomic E-state index is 5.87. The Hall–Kier alpha value is -0.650. The Kier molecular flexibility index (Phi) is 3.54. The molecule has 3 rings (SSSR count). The second-order valence-corrected chi connectivity index (χ2v) is 6.31. The molecule has 0 saturated carbocycles. The molecule has 2 aliphatic rings. The number of anilines is 1. The van der Waals surface area contributed by atoms with Crippen LogP contribution in [0.3, 0.4) is 0 Å². The van der Waals surface area contributed by atoms with Crippen molar-refractivity contribution in [3.8, 4) is 0 Å². The summed E-state index contributed by atoms with van der Waals surface area (Å²) in [5.41, 5.74) is 6.90. The van der Waals surface area contributed by atoms with Gasteiger partial charge in [0.05, 0.1) is 5.69 Å². The van der Waals surface area contributed by atoms with Gasteiger partial charge in [0.15, 0.2) is 5.13 Å². The third kappa shape index (κ3) is 2.39. The van der Waals surface area contributed by atoms with Crippen molar-refractivity contribution in [2.45, 2.75) is 38.3 Å². The number of nitrogens with zero attached hydrogens (tertiary/aromatic N) is 3. The van der Waals surface area contributed by atoms with Crippen LogP contribution in [-0.4, -0.2) is 42.1 Å². The second kappa shape index (κ2) is 5.15. The number of likely N-dealkylation sites (tertiary alicyclic amines) is 1. The number of nitrogens with two attached hydrogens (primary N) is 1. The lowest BCUT2D eigenvalue weighted by Crippen LogP contribution is -2.35. The summed E-state index contributed by atoms with van der Waals surface area (Å²) in [6, 6.07) is 0.794. The normalized spacial score (nSPS) is 27.0. The van der Waals surface area contributed by atoms with Crippen LogP contribution in [0.5, 0.6) is 0 Å². The Balaban J connectivity index is 1.63. The van der Waals surface area contributed by atoms with Crippen molar-refractivity contribution in [3.63, 3.8) is 0 Å². The molecule has 2 aliphatic heterocycles. The van der Waals surface area contributed by atoms with Gasteiger partial charge < -0.3 is 10.6 Å². The van der Waals surface area contributed by atoms with E-state index < -0.39 is 0 Å². The van der Waals surface area contributed by atoms with E-state index in [1.807, 2.05) is 6.92 Å². The Bertz CT molecular complexity index is 397. The number of rotatable bonds is 3. The lowest BCUT2D eigenvalue weighted by molar-refractivity contribution is 0.260. The van der Waals surface area contributed by atoms with Gasteiger partial charge in [-0.1, -0.05) is 0 Å². The number of aromatic nitrogens is 1. The molecule has 2 fully saturated rings. The van der Waals surface area contributed by atoms with Crippen LogP contribution < -0.4 is 10.6 Å². The molecule has 2 atom stereocenters. The van der Waals surface area contributed by atoms with Gasteiger partial charge in [0.1, 0.15) is 0 Å². The molecule has 1 aromatic heterocycles. The Labute approximate surface area is 113 Å². The molecule has 0 amide bonds. The van der Waals surface area contributed by atoms with Crippen molar-refractivity contribution >= 4 is 16.5 Å². The van der Waals surface area contributed by atoms with Crippen LogP contribution >= 0.6 is 11.3 Å². The van der Waals surface area contributed by atoms with Gasteiger partial charge >= 0.3 is 0 Å². The number of hydrogen-bond donors (Lipinski definition) is 1. The molecule has 18 heavy (non-hydrogen) atoms. The molecular formula is C13H22N4S. The fourth-order valence-electron chi connectivity index (χ4n) is 2.95. The van der Waals surface area contributed by atoms with E-state index in [4.69, 9.17) is 5.73 Å². The molecule has 0 aromatic carbocycles. The largest absolute Gasteiger partial charge is 0.346 e. The average Bonchev–Trinajstić information content (AvgIpc) is 3.10. The lowest BCUT2D eigenvalue weighted by atomic mass is 10.2. The first-order valence-electron chi connectivity index (χ1n) is 6.94. The van der Waals surface area contributed by atoms with Crippen LogP contribution in [0.2, 0.25) is 0 Å². The van der Waals surface area contributed by atoms with E-state index in [0.717, 1.165) is 30.0 Å². The van der Waals surface area contributed by atoms with Crippen LogP contribution in [0.15, 0.2) is 5.38 Å². The molecule has 1 aromatic rings. The fraction of sp³-hybridized carbons (Fsp3) is 0.769. The van der Waals surface area contributed by atoms with Gasteiger partial charge in [-0.15, -0.1) is 11.3 Å². The van der Waals surface area contributed by atoms with Crippen molar-refractivity contribution in [3.05, 3.63) is 11.1 Å². The first kappa shape index (κ1) is 12.4. The first-order chi connectivity index (χ1) is 8.74. The summed E-state index contributed by atoms with van der Waals surface area (Å²) in [6.07, 6.45) is 4.04. The SMILES string of the molecule is CC(N)c1csc(N2CCC(N3CCCC3)C2)n1. The van der Waals surface area contributed by atoms with E-state index in [2.05, 4.69) is 20.2 Å². The van der Waals surface area contributed by atoms with Gasteiger partial charge in [-0.05, 0) is 39.3 Å². The molecule has 0 radical (unpaired) electrons. The summed E-state index contributed by atoms with van der Waals surface area (Å²) in [5, 5.41) is 3.26. The van der Waals surface area contributed by atoms with Gasteiger partial charge in [-0.3, -0.25) is 4.90 Å². The van der Waals surface area contributed by atoms with E-state index >= 15 is 0 Å². The molecule has 2 N–H and O–H groups in total. The predicted molar refractivity (Wildman–Crippen MR) is 76.1 cm³/mol. The number of thiazole rings is 1. The summed E-state index contributed by atoms with van der Waals surface area (Å²) in [4.78, 5) is 9.74. The summed E-state index contributed by atoms with van der Waals surface area (Å²) in [5.74, 6) is 0. The topological polar surface area (TPSA) is 45.4 Å². The smallest absolute Gasteiger partial charge is 0.185 e. The molecule has 2 unspecified atom stereocenters. The fourth-order valence-corrected chi connectivity index (χ4v) is 3.92. The minimum absolute atomic E-state index is 0.0481. The highest BCUT2D eigenvalue weighted by molar-refractivity contribution is 7.13. The highest BCUT2D eigenvalue weighted by atomic mass is 32.1. The zero-order valence-corrected chi connectivity index (χ0v) is 11.8. The summed E-state index contributed by atoms with van der Waals surface area (Å²) in [7, 11) is 0. The van der Waals surface area contributed by atoms with Crippen LogP contribution in [-0.2, 0) is 0 Å². The molecular weight excluding hydrogens is 244 g/mol. The highest BCUT2D eigenvalue weighted by Gasteiger charge is 2.30. The zero-order valence-electron chi connectivity index (χ0n) is 11.0. The Morgan fingerprint density at radius 2 is 2.17 bits per heavy atom. The summed E-state index contributed by atoms with van der Waals surface area (Å²) in [6.45, 7) is 6.87. The standard InChI is InChI=1S/C13H22N4S/c1-10(14)12-9-18-13(15-12)17-7-4-11(8-17)16-5-2-3-6-16/h9-11H,2-8,14H2,1H3. The molecule has 0 spiro atoms. The van der Waals surface area contributed by atoms with Crippen molar-refractivity contribution in [2.24, 2.45) is 5.73 Å². The van der Waals surface area contributed by atoms with Gasteiger partial charge in [0.2, 0.25) is 0 Å². The second-order valence-electron chi connectivity index (χ2n) is 5.48.